The first-order valence-corrected chi connectivity index (χ1v) is 8.57. The predicted octanol–water partition coefficient (Wildman–Crippen LogP) is 1.39. The third-order valence-electron chi connectivity index (χ3n) is 4.75. The lowest BCUT2D eigenvalue weighted by Gasteiger charge is -2.36. The van der Waals surface area contributed by atoms with E-state index in [-0.39, 0.29) is 22.9 Å². The zero-order valence-electron chi connectivity index (χ0n) is 15.3. The molecule has 140 valence electrons. The fraction of sp³-hybridized carbons (Fsp3) is 0.316. The number of ether oxygens (including phenoxy) is 1. The van der Waals surface area contributed by atoms with Crippen LogP contribution in [0.2, 0.25) is 0 Å². The lowest BCUT2D eigenvalue weighted by atomic mass is 10.2. The van der Waals surface area contributed by atoms with Gasteiger partial charge < -0.3 is 24.8 Å². The van der Waals surface area contributed by atoms with Gasteiger partial charge in [-0.2, -0.15) is 5.26 Å². The molecule has 27 heavy (non-hydrogen) atoms. The highest BCUT2D eigenvalue weighted by Gasteiger charge is 2.25. The molecule has 3 rings (SSSR count). The summed E-state index contributed by atoms with van der Waals surface area (Å²) in [6, 6.07) is 9.58. The lowest BCUT2D eigenvalue weighted by Crippen LogP contribution is -2.48. The summed E-state index contributed by atoms with van der Waals surface area (Å²) in [7, 11) is 1.28. The number of anilines is 2. The number of benzene rings is 1. The molecule has 2 N–H and O–H groups in total. The molecule has 1 aromatic heterocycles. The number of hydrogen-bond acceptors (Lipinski definition) is 6. The minimum Gasteiger partial charge on any atom is -0.464 e. The van der Waals surface area contributed by atoms with Crippen LogP contribution < -0.4 is 10.6 Å². The van der Waals surface area contributed by atoms with E-state index in [4.69, 9.17) is 10.5 Å². The standard InChI is InChI=1S/C19H21N5O3/c1-13(25)22-7-9-23(10-8-22)15-5-3-4-6-16(15)24-12-14(11-20)17(21)18(24)19(26)27-2/h3-6,12H,7-10,21H2,1-2H3. The number of methoxy groups -OCH3 is 1. The summed E-state index contributed by atoms with van der Waals surface area (Å²) in [5, 5.41) is 9.31. The summed E-state index contributed by atoms with van der Waals surface area (Å²) >= 11 is 0. The summed E-state index contributed by atoms with van der Waals surface area (Å²) in [5.41, 5.74) is 8.07. The minimum absolute atomic E-state index is 0.0627. The number of nitrogens with two attached hydrogens (primary N) is 1. The predicted molar refractivity (Wildman–Crippen MR) is 101 cm³/mol. The van der Waals surface area contributed by atoms with Crippen molar-refractivity contribution in [3.05, 3.63) is 41.7 Å². The minimum atomic E-state index is -0.606. The van der Waals surface area contributed by atoms with Crippen molar-refractivity contribution < 1.29 is 14.3 Å². The van der Waals surface area contributed by atoms with E-state index in [1.165, 1.54) is 7.11 Å². The zero-order chi connectivity index (χ0) is 19.6. The molecule has 0 saturated carbocycles. The van der Waals surface area contributed by atoms with Gasteiger partial charge in [-0.3, -0.25) is 4.79 Å². The first kappa shape index (κ1) is 18.3. The molecule has 2 aromatic rings. The Morgan fingerprint density at radius 1 is 1.15 bits per heavy atom. The Kier molecular flexibility index (Phi) is 5.03. The highest BCUT2D eigenvalue weighted by molar-refractivity contribution is 5.96. The van der Waals surface area contributed by atoms with E-state index in [0.29, 0.717) is 26.2 Å². The van der Waals surface area contributed by atoms with E-state index in [1.807, 2.05) is 30.3 Å². The monoisotopic (exact) mass is 367 g/mol. The van der Waals surface area contributed by atoms with Crippen molar-refractivity contribution in [3.8, 4) is 11.8 Å². The maximum absolute atomic E-state index is 12.3. The Balaban J connectivity index is 2.04. The van der Waals surface area contributed by atoms with Crippen LogP contribution >= 0.6 is 0 Å². The van der Waals surface area contributed by atoms with Crippen molar-refractivity contribution >= 4 is 23.3 Å². The van der Waals surface area contributed by atoms with Gasteiger partial charge in [0, 0.05) is 39.3 Å². The maximum atomic E-state index is 12.3. The van der Waals surface area contributed by atoms with Gasteiger partial charge >= 0.3 is 5.97 Å². The molecule has 0 aliphatic carbocycles. The molecule has 1 fully saturated rings. The summed E-state index contributed by atoms with van der Waals surface area (Å²) in [5.74, 6) is -0.544. The summed E-state index contributed by atoms with van der Waals surface area (Å²) in [6.07, 6.45) is 1.55. The number of esters is 1. The van der Waals surface area contributed by atoms with Crippen LogP contribution in [0.1, 0.15) is 23.0 Å². The van der Waals surface area contributed by atoms with Crippen molar-refractivity contribution in [2.24, 2.45) is 0 Å². The molecule has 1 amide bonds. The number of carbonyl (C=O) groups excluding carboxylic acids is 2. The molecule has 0 bridgehead atoms. The lowest BCUT2D eigenvalue weighted by molar-refractivity contribution is -0.129. The van der Waals surface area contributed by atoms with Crippen LogP contribution in [-0.4, -0.2) is 54.6 Å². The van der Waals surface area contributed by atoms with E-state index in [9.17, 15) is 14.9 Å². The average molecular weight is 367 g/mol. The third-order valence-corrected chi connectivity index (χ3v) is 4.75. The van der Waals surface area contributed by atoms with E-state index < -0.39 is 5.97 Å². The molecule has 0 atom stereocenters. The maximum Gasteiger partial charge on any atom is 0.357 e. The van der Waals surface area contributed by atoms with Gasteiger partial charge in [-0.1, -0.05) is 12.1 Å². The summed E-state index contributed by atoms with van der Waals surface area (Å²) in [6.45, 7) is 4.17. The number of hydrogen-bond donors (Lipinski definition) is 1. The van der Waals surface area contributed by atoms with Gasteiger partial charge in [-0.05, 0) is 12.1 Å². The number of nitrogens with zero attached hydrogens (tertiary/aromatic N) is 4. The number of aromatic nitrogens is 1. The molecule has 8 nitrogen and oxygen atoms in total. The normalized spacial score (nSPS) is 14.0. The SMILES string of the molecule is COC(=O)c1c(N)c(C#N)cn1-c1ccccc1N1CCN(C(C)=O)CC1. The van der Waals surface area contributed by atoms with Crippen LogP contribution in [0.5, 0.6) is 0 Å². The van der Waals surface area contributed by atoms with Crippen molar-refractivity contribution in [2.75, 3.05) is 43.9 Å². The molecular formula is C19H21N5O3. The van der Waals surface area contributed by atoms with Crippen LogP contribution in [0.3, 0.4) is 0 Å². The number of piperazine rings is 1. The summed E-state index contributed by atoms with van der Waals surface area (Å²) in [4.78, 5) is 27.8. The van der Waals surface area contributed by atoms with Gasteiger partial charge in [0.05, 0.1) is 29.7 Å². The molecule has 0 unspecified atom stereocenters. The van der Waals surface area contributed by atoms with Gasteiger partial charge in [-0.15, -0.1) is 0 Å². The molecule has 1 aliphatic heterocycles. The van der Waals surface area contributed by atoms with Gasteiger partial charge in [0.15, 0.2) is 5.69 Å². The Morgan fingerprint density at radius 3 is 2.33 bits per heavy atom. The largest absolute Gasteiger partial charge is 0.464 e. The van der Waals surface area contributed by atoms with E-state index >= 15 is 0 Å². The number of amides is 1. The first-order valence-electron chi connectivity index (χ1n) is 8.57. The fourth-order valence-corrected chi connectivity index (χ4v) is 3.30. The van der Waals surface area contributed by atoms with Crippen LogP contribution in [-0.2, 0) is 9.53 Å². The highest BCUT2D eigenvalue weighted by atomic mass is 16.5. The topological polar surface area (TPSA) is 105 Å². The summed E-state index contributed by atoms with van der Waals surface area (Å²) < 4.78 is 6.46. The number of nitriles is 1. The molecule has 0 radical (unpaired) electrons. The molecule has 8 heteroatoms. The highest BCUT2D eigenvalue weighted by Crippen LogP contribution is 2.31. The third kappa shape index (κ3) is 3.31. The zero-order valence-corrected chi connectivity index (χ0v) is 15.3. The number of nitrogen functional groups attached to an aromatic ring is 1. The quantitative estimate of drug-likeness (QED) is 0.822. The molecule has 1 aliphatic rings. The van der Waals surface area contributed by atoms with Crippen molar-refractivity contribution in [3.63, 3.8) is 0 Å². The second-order valence-corrected chi connectivity index (χ2v) is 6.26. The number of carbonyl (C=O) groups is 2. The van der Waals surface area contributed by atoms with Crippen molar-refractivity contribution in [1.29, 1.82) is 5.26 Å². The first-order chi connectivity index (χ1) is 13.0. The van der Waals surface area contributed by atoms with E-state index in [0.717, 1.165) is 11.4 Å². The Bertz CT molecular complexity index is 920. The molecule has 0 spiro atoms. The van der Waals surface area contributed by atoms with E-state index in [2.05, 4.69) is 4.90 Å². The second kappa shape index (κ2) is 7.41. The van der Waals surface area contributed by atoms with Crippen LogP contribution in [0.4, 0.5) is 11.4 Å². The fourth-order valence-electron chi connectivity index (χ4n) is 3.30. The number of para-hydroxylation sites is 2. The smallest absolute Gasteiger partial charge is 0.357 e. The average Bonchev–Trinajstić information content (AvgIpc) is 3.03. The van der Waals surface area contributed by atoms with Crippen molar-refractivity contribution in [1.82, 2.24) is 9.47 Å². The van der Waals surface area contributed by atoms with Crippen LogP contribution in [0.25, 0.3) is 5.69 Å². The molecule has 1 aromatic carbocycles. The van der Waals surface area contributed by atoms with Gasteiger partial charge in [-0.25, -0.2) is 4.79 Å². The Labute approximate surface area is 157 Å². The number of rotatable bonds is 3. The molecule has 2 heterocycles. The molecular weight excluding hydrogens is 346 g/mol. The van der Waals surface area contributed by atoms with Gasteiger partial charge in [0.2, 0.25) is 5.91 Å². The Morgan fingerprint density at radius 2 is 1.78 bits per heavy atom. The van der Waals surface area contributed by atoms with Crippen LogP contribution in [0, 0.1) is 11.3 Å². The molecule has 1 saturated heterocycles. The van der Waals surface area contributed by atoms with Gasteiger partial charge in [0.1, 0.15) is 6.07 Å². The second-order valence-electron chi connectivity index (χ2n) is 6.26. The Hall–Kier alpha value is -3.47. The van der Waals surface area contributed by atoms with Crippen molar-refractivity contribution in [2.45, 2.75) is 6.92 Å². The van der Waals surface area contributed by atoms with Gasteiger partial charge in [0.25, 0.3) is 0 Å². The van der Waals surface area contributed by atoms with E-state index in [1.54, 1.807) is 22.6 Å². The van der Waals surface area contributed by atoms with Crippen LogP contribution in [0.15, 0.2) is 30.5 Å².